The first-order valence-corrected chi connectivity index (χ1v) is 8.22. The zero-order valence-corrected chi connectivity index (χ0v) is 15.1. The van der Waals surface area contributed by atoms with Crippen LogP contribution in [0.15, 0.2) is 29.1 Å². The molecule has 0 heterocycles. The largest absolute Gasteiger partial charge is 0.402 e. The minimum Gasteiger partial charge on any atom is -0.402 e. The number of carbonyl (C=O) groups is 1. The van der Waals surface area contributed by atoms with E-state index in [9.17, 15) is 4.79 Å². The third-order valence-electron chi connectivity index (χ3n) is 3.96. The van der Waals surface area contributed by atoms with Gasteiger partial charge in [-0.3, -0.25) is 10.2 Å². The highest BCUT2D eigenvalue weighted by Gasteiger charge is 2.29. The molecule has 2 rings (SSSR count). The fourth-order valence-corrected chi connectivity index (χ4v) is 2.86. The average Bonchev–Trinajstić information content (AvgIpc) is 3.32. The van der Waals surface area contributed by atoms with E-state index in [2.05, 4.69) is 11.8 Å². The summed E-state index contributed by atoms with van der Waals surface area (Å²) in [5.41, 5.74) is 31.2. The zero-order valence-electron chi connectivity index (χ0n) is 14.3. The molecule has 1 aromatic carbocycles. The Balaban J connectivity index is 2.48. The smallest absolute Gasteiger partial charge is 0.255 e. The second-order valence-electron chi connectivity index (χ2n) is 6.11. The number of amides is 1. The number of benzene rings is 1. The molecule has 26 heavy (non-hydrogen) atoms. The minimum absolute atomic E-state index is 0.208. The number of anilines is 1. The lowest BCUT2D eigenvalue weighted by Gasteiger charge is -2.13. The second-order valence-corrected chi connectivity index (χ2v) is 6.51. The van der Waals surface area contributed by atoms with E-state index in [1.165, 1.54) is 0 Å². The van der Waals surface area contributed by atoms with Crippen molar-refractivity contribution < 1.29 is 4.79 Å². The summed E-state index contributed by atoms with van der Waals surface area (Å²) in [6, 6.07) is 3.35. The molecule has 0 radical (unpaired) electrons. The molecule has 0 bridgehead atoms. The van der Waals surface area contributed by atoms with Crippen LogP contribution in [0.1, 0.15) is 30.9 Å². The van der Waals surface area contributed by atoms with Crippen LogP contribution in [0.25, 0.3) is 5.57 Å². The van der Waals surface area contributed by atoms with Crippen molar-refractivity contribution in [1.82, 2.24) is 0 Å². The van der Waals surface area contributed by atoms with Gasteiger partial charge in [0.05, 0.1) is 10.7 Å². The van der Waals surface area contributed by atoms with E-state index >= 15 is 0 Å². The van der Waals surface area contributed by atoms with Gasteiger partial charge in [0.2, 0.25) is 0 Å². The van der Waals surface area contributed by atoms with Gasteiger partial charge in [-0.2, -0.15) is 0 Å². The Morgan fingerprint density at radius 2 is 1.85 bits per heavy atom. The number of rotatable bonds is 4. The van der Waals surface area contributed by atoms with Gasteiger partial charge in [0.15, 0.2) is 0 Å². The topological polar surface area (TPSA) is 171 Å². The van der Waals surface area contributed by atoms with Crippen molar-refractivity contribution in [2.24, 2.45) is 28.9 Å². The number of carbonyl (C=O) groups excluding carboxylic acids is 1. The molecule has 0 atom stereocenters. The summed E-state index contributed by atoms with van der Waals surface area (Å²) in [6.45, 7) is 1.84. The van der Waals surface area contributed by atoms with Crippen LogP contribution in [-0.4, -0.2) is 11.7 Å². The number of halogens is 1. The van der Waals surface area contributed by atoms with Crippen molar-refractivity contribution in [2.45, 2.75) is 19.8 Å². The number of amidine groups is 1. The van der Waals surface area contributed by atoms with E-state index in [0.717, 1.165) is 24.0 Å². The predicted octanol–water partition coefficient (Wildman–Crippen LogP) is 1.01. The Hall–Kier alpha value is -3.11. The number of primary amides is 1. The third kappa shape index (κ3) is 4.10. The molecule has 0 saturated heterocycles. The lowest BCUT2D eigenvalue weighted by Crippen LogP contribution is -2.28. The van der Waals surface area contributed by atoms with Crippen LogP contribution in [0.4, 0.5) is 5.69 Å². The molecule has 1 aliphatic carbocycles. The highest BCUT2D eigenvalue weighted by molar-refractivity contribution is 6.32. The van der Waals surface area contributed by atoms with Crippen LogP contribution in [0.2, 0.25) is 5.02 Å². The molecule has 1 fully saturated rings. The summed E-state index contributed by atoms with van der Waals surface area (Å²) in [5, 5.41) is 7.71. The Morgan fingerprint density at radius 3 is 2.31 bits per heavy atom. The van der Waals surface area contributed by atoms with Gasteiger partial charge in [-0.1, -0.05) is 17.5 Å². The summed E-state index contributed by atoms with van der Waals surface area (Å²) < 4.78 is 0. The van der Waals surface area contributed by atoms with E-state index in [1.807, 2.05) is 6.92 Å². The SMILES string of the molecule is C/C(N)=C(/c1cc(Cl)c(C#C/C(N)=C(/C(=N)N)C(N)=O)cc1N)C1CC1. The molecule has 0 aromatic heterocycles. The van der Waals surface area contributed by atoms with Crippen LogP contribution in [-0.2, 0) is 4.79 Å². The monoisotopic (exact) mass is 372 g/mol. The van der Waals surface area contributed by atoms with E-state index < -0.39 is 11.7 Å². The molecule has 1 amide bonds. The van der Waals surface area contributed by atoms with Gasteiger partial charge in [0.1, 0.15) is 11.4 Å². The highest BCUT2D eigenvalue weighted by atomic mass is 35.5. The van der Waals surface area contributed by atoms with Crippen LogP contribution in [0, 0.1) is 23.2 Å². The van der Waals surface area contributed by atoms with Crippen LogP contribution in [0.3, 0.4) is 0 Å². The van der Waals surface area contributed by atoms with Gasteiger partial charge in [0, 0.05) is 22.5 Å². The normalized spacial score (nSPS) is 15.3. The highest BCUT2D eigenvalue weighted by Crippen LogP contribution is 2.45. The quantitative estimate of drug-likeness (QED) is 0.152. The Labute approximate surface area is 156 Å². The molecule has 1 aromatic rings. The number of hydrogen-bond donors (Lipinski definition) is 6. The maximum Gasteiger partial charge on any atom is 0.255 e. The third-order valence-corrected chi connectivity index (χ3v) is 4.27. The van der Waals surface area contributed by atoms with Gasteiger partial charge >= 0.3 is 0 Å². The Bertz CT molecular complexity index is 896. The van der Waals surface area contributed by atoms with Crippen molar-refractivity contribution in [2.75, 3.05) is 5.73 Å². The summed E-state index contributed by atoms with van der Waals surface area (Å²) in [5.74, 6) is 4.20. The number of nitrogen functional groups attached to an aromatic ring is 1. The molecule has 0 unspecified atom stereocenters. The van der Waals surface area contributed by atoms with Crippen molar-refractivity contribution in [3.05, 3.63) is 45.2 Å². The summed E-state index contributed by atoms with van der Waals surface area (Å²) in [6.07, 6.45) is 2.15. The number of hydrogen-bond acceptors (Lipinski definition) is 5. The minimum atomic E-state index is -0.928. The molecule has 1 saturated carbocycles. The summed E-state index contributed by atoms with van der Waals surface area (Å²) >= 11 is 6.33. The van der Waals surface area contributed by atoms with Crippen molar-refractivity contribution in [3.8, 4) is 11.8 Å². The van der Waals surface area contributed by atoms with E-state index in [-0.39, 0.29) is 11.3 Å². The maximum atomic E-state index is 11.3. The predicted molar refractivity (Wildman–Crippen MR) is 105 cm³/mol. The Morgan fingerprint density at radius 1 is 1.23 bits per heavy atom. The molecule has 0 spiro atoms. The van der Waals surface area contributed by atoms with E-state index in [0.29, 0.717) is 27.9 Å². The first kappa shape index (κ1) is 19.2. The molecule has 1 aliphatic rings. The number of allylic oxidation sites excluding steroid dienone is 3. The number of nitrogens with one attached hydrogen (secondary N) is 1. The molecule has 136 valence electrons. The van der Waals surface area contributed by atoms with E-state index in [1.54, 1.807) is 12.1 Å². The molecule has 11 N–H and O–H groups in total. The summed E-state index contributed by atoms with van der Waals surface area (Å²) in [4.78, 5) is 11.3. The van der Waals surface area contributed by atoms with Gasteiger partial charge in [-0.05, 0) is 49.3 Å². The van der Waals surface area contributed by atoms with Crippen LogP contribution < -0.4 is 28.7 Å². The van der Waals surface area contributed by atoms with Gasteiger partial charge < -0.3 is 28.7 Å². The lowest BCUT2D eigenvalue weighted by atomic mass is 9.96. The maximum absolute atomic E-state index is 11.3. The molecule has 0 aliphatic heterocycles. The first-order chi connectivity index (χ1) is 12.1. The van der Waals surface area contributed by atoms with Crippen molar-refractivity contribution in [1.29, 1.82) is 5.41 Å². The summed E-state index contributed by atoms with van der Waals surface area (Å²) in [7, 11) is 0. The van der Waals surface area contributed by atoms with Crippen LogP contribution in [0.5, 0.6) is 0 Å². The standard InChI is InChI=1S/C18H21ClN6O/c1-8(20)15(9-2-3-9)11-7-12(19)10(6-14(11)22)4-5-13(21)16(17(23)24)18(25)26/h6-7,9H,2-3,20-22H2,1H3,(H3,23,24)(H2,25,26)/b15-8-,16-13+. The van der Waals surface area contributed by atoms with Gasteiger partial charge in [-0.15, -0.1) is 0 Å². The van der Waals surface area contributed by atoms with Crippen molar-refractivity contribution in [3.63, 3.8) is 0 Å². The van der Waals surface area contributed by atoms with Crippen LogP contribution >= 0.6 is 11.6 Å². The Kier molecular flexibility index (Phi) is 5.48. The van der Waals surface area contributed by atoms with E-state index in [4.69, 9.17) is 45.7 Å². The fraction of sp³-hybridized carbons (Fsp3) is 0.222. The first-order valence-electron chi connectivity index (χ1n) is 7.85. The molecular weight excluding hydrogens is 352 g/mol. The number of nitrogens with two attached hydrogens (primary N) is 5. The fourth-order valence-electron chi connectivity index (χ4n) is 2.65. The van der Waals surface area contributed by atoms with Gasteiger partial charge in [-0.25, -0.2) is 0 Å². The zero-order chi connectivity index (χ0) is 19.6. The van der Waals surface area contributed by atoms with Crippen molar-refractivity contribution >= 4 is 34.6 Å². The van der Waals surface area contributed by atoms with Gasteiger partial charge in [0.25, 0.3) is 5.91 Å². The average molecular weight is 373 g/mol. The second kappa shape index (κ2) is 7.42. The lowest BCUT2D eigenvalue weighted by molar-refractivity contribution is -0.114. The molecule has 7 nitrogen and oxygen atoms in total. The molecule has 8 heteroatoms. The molecular formula is C18H21ClN6O.